The van der Waals surface area contributed by atoms with Crippen molar-refractivity contribution in [2.75, 3.05) is 7.11 Å². The molecule has 8 nitrogen and oxygen atoms in total. The Morgan fingerprint density at radius 1 is 1.18 bits per heavy atom. The van der Waals surface area contributed by atoms with E-state index in [1.54, 1.807) is 25.6 Å². The van der Waals surface area contributed by atoms with Gasteiger partial charge in [0.2, 0.25) is 0 Å². The highest BCUT2D eigenvalue weighted by Crippen LogP contribution is 2.08. The molecule has 2 aromatic heterocycles. The van der Waals surface area contributed by atoms with Crippen LogP contribution in [0.3, 0.4) is 0 Å². The third-order valence-corrected chi connectivity index (χ3v) is 3.82. The van der Waals surface area contributed by atoms with Crippen LogP contribution in [0.15, 0.2) is 9.59 Å². The molecule has 0 N–H and O–H groups in total. The van der Waals surface area contributed by atoms with Crippen LogP contribution >= 0.6 is 0 Å². The predicted octanol–water partition coefficient (Wildman–Crippen LogP) is 0.0854. The van der Waals surface area contributed by atoms with E-state index in [2.05, 4.69) is 9.72 Å². The highest BCUT2D eigenvalue weighted by atomic mass is 16.5. The summed E-state index contributed by atoms with van der Waals surface area (Å²) in [7, 11) is 4.68. The first-order valence-electron chi connectivity index (χ1n) is 7.08. The molecule has 0 aliphatic rings. The SMILES string of the molecule is COC(=O)CCCCn1c(=O)c2c(nc(C)n2C)n(C)c1=O. The second-order valence-corrected chi connectivity index (χ2v) is 5.22. The first-order valence-corrected chi connectivity index (χ1v) is 7.08. The predicted molar refractivity (Wildman–Crippen MR) is 80.8 cm³/mol. The van der Waals surface area contributed by atoms with E-state index in [0.29, 0.717) is 29.8 Å². The third kappa shape index (κ3) is 2.68. The van der Waals surface area contributed by atoms with Crippen molar-refractivity contribution in [3.63, 3.8) is 0 Å². The molecule has 22 heavy (non-hydrogen) atoms. The van der Waals surface area contributed by atoms with Crippen molar-refractivity contribution in [3.05, 3.63) is 26.7 Å². The van der Waals surface area contributed by atoms with E-state index in [1.807, 2.05) is 0 Å². The maximum Gasteiger partial charge on any atom is 0.332 e. The molecule has 0 spiro atoms. The lowest BCUT2D eigenvalue weighted by Gasteiger charge is -2.08. The molecule has 0 saturated carbocycles. The lowest BCUT2D eigenvalue weighted by atomic mass is 10.2. The number of carbonyl (C=O) groups excluding carboxylic acids is 1. The van der Waals surface area contributed by atoms with Gasteiger partial charge in [0.15, 0.2) is 11.2 Å². The van der Waals surface area contributed by atoms with E-state index < -0.39 is 5.69 Å². The van der Waals surface area contributed by atoms with Crippen LogP contribution in [-0.2, 0) is 30.2 Å². The fourth-order valence-corrected chi connectivity index (χ4v) is 2.39. The topological polar surface area (TPSA) is 88.1 Å². The molecule has 2 aromatic rings. The molecule has 0 atom stereocenters. The number of imidazole rings is 1. The summed E-state index contributed by atoms with van der Waals surface area (Å²) in [6.45, 7) is 2.05. The second-order valence-electron chi connectivity index (χ2n) is 5.22. The molecular weight excluding hydrogens is 288 g/mol. The Balaban J connectivity index is 2.34. The average molecular weight is 308 g/mol. The van der Waals surface area contributed by atoms with Gasteiger partial charge in [-0.25, -0.2) is 9.78 Å². The minimum Gasteiger partial charge on any atom is -0.469 e. The second kappa shape index (κ2) is 6.17. The van der Waals surface area contributed by atoms with Crippen molar-refractivity contribution in [2.24, 2.45) is 14.1 Å². The van der Waals surface area contributed by atoms with Crippen LogP contribution in [0.1, 0.15) is 25.1 Å². The van der Waals surface area contributed by atoms with E-state index in [-0.39, 0.29) is 24.5 Å². The summed E-state index contributed by atoms with van der Waals surface area (Å²) in [6.07, 6.45) is 1.38. The first kappa shape index (κ1) is 16.0. The smallest absolute Gasteiger partial charge is 0.332 e. The zero-order valence-electron chi connectivity index (χ0n) is 13.3. The maximum atomic E-state index is 12.5. The molecule has 2 rings (SSSR count). The van der Waals surface area contributed by atoms with Gasteiger partial charge in [0.05, 0.1) is 7.11 Å². The monoisotopic (exact) mass is 308 g/mol. The number of carbonyl (C=O) groups is 1. The summed E-state index contributed by atoms with van der Waals surface area (Å²) in [5.41, 5.74) is 0.0568. The number of nitrogens with zero attached hydrogens (tertiary/aromatic N) is 4. The number of hydrogen-bond acceptors (Lipinski definition) is 5. The fraction of sp³-hybridized carbons (Fsp3) is 0.571. The number of hydrogen-bond donors (Lipinski definition) is 0. The van der Waals surface area contributed by atoms with Gasteiger partial charge in [0, 0.05) is 27.1 Å². The summed E-state index contributed by atoms with van der Waals surface area (Å²) >= 11 is 0. The lowest BCUT2D eigenvalue weighted by molar-refractivity contribution is -0.140. The number of esters is 1. The number of ether oxygens (including phenoxy) is 1. The van der Waals surface area contributed by atoms with Gasteiger partial charge in [-0.3, -0.25) is 18.7 Å². The zero-order valence-corrected chi connectivity index (χ0v) is 13.3. The Hall–Kier alpha value is -2.38. The van der Waals surface area contributed by atoms with Gasteiger partial charge >= 0.3 is 11.7 Å². The van der Waals surface area contributed by atoms with Crippen LogP contribution in [0.25, 0.3) is 11.2 Å². The van der Waals surface area contributed by atoms with E-state index in [1.165, 1.54) is 16.2 Å². The van der Waals surface area contributed by atoms with Gasteiger partial charge in [-0.15, -0.1) is 0 Å². The number of unbranched alkanes of at least 4 members (excludes halogenated alkanes) is 1. The van der Waals surface area contributed by atoms with Crippen molar-refractivity contribution in [1.82, 2.24) is 18.7 Å². The van der Waals surface area contributed by atoms with Crippen LogP contribution in [-0.4, -0.2) is 31.8 Å². The summed E-state index contributed by atoms with van der Waals surface area (Å²) in [4.78, 5) is 40.1. The number of aryl methyl sites for hydroxylation is 3. The number of aromatic nitrogens is 4. The molecule has 8 heteroatoms. The van der Waals surface area contributed by atoms with Crippen molar-refractivity contribution in [1.29, 1.82) is 0 Å². The highest BCUT2D eigenvalue weighted by molar-refractivity contribution is 5.70. The lowest BCUT2D eigenvalue weighted by Crippen LogP contribution is -2.39. The van der Waals surface area contributed by atoms with Gasteiger partial charge in [0.1, 0.15) is 5.82 Å². The minimum atomic E-state index is -0.395. The Labute approximate surface area is 126 Å². The molecule has 0 unspecified atom stereocenters. The van der Waals surface area contributed by atoms with E-state index in [9.17, 15) is 14.4 Å². The Morgan fingerprint density at radius 2 is 1.86 bits per heavy atom. The van der Waals surface area contributed by atoms with Crippen LogP contribution in [0.2, 0.25) is 0 Å². The average Bonchev–Trinajstić information content (AvgIpc) is 2.80. The standard InChI is InChI=1S/C14H20N4O4/c1-9-15-12-11(16(9)2)13(20)18(14(21)17(12)3)8-6-5-7-10(19)22-4/h5-8H2,1-4H3. The highest BCUT2D eigenvalue weighted by Gasteiger charge is 2.16. The summed E-state index contributed by atoms with van der Waals surface area (Å²) in [5.74, 6) is 0.378. The summed E-state index contributed by atoms with van der Waals surface area (Å²) in [5, 5.41) is 0. The molecular formula is C14H20N4O4. The van der Waals surface area contributed by atoms with Crippen molar-refractivity contribution < 1.29 is 9.53 Å². The maximum absolute atomic E-state index is 12.5. The summed E-state index contributed by atoms with van der Waals surface area (Å²) < 4.78 is 8.82. The molecule has 0 aliphatic carbocycles. The number of rotatable bonds is 5. The van der Waals surface area contributed by atoms with Gasteiger partial charge in [-0.1, -0.05) is 0 Å². The van der Waals surface area contributed by atoms with Gasteiger partial charge in [-0.2, -0.15) is 0 Å². The molecule has 120 valence electrons. The van der Waals surface area contributed by atoms with Crippen LogP contribution in [0, 0.1) is 6.92 Å². The van der Waals surface area contributed by atoms with Crippen LogP contribution < -0.4 is 11.2 Å². The summed E-state index contributed by atoms with van der Waals surface area (Å²) in [6, 6.07) is 0. The fourth-order valence-electron chi connectivity index (χ4n) is 2.39. The molecule has 0 radical (unpaired) electrons. The zero-order chi connectivity index (χ0) is 16.4. The van der Waals surface area contributed by atoms with Crippen molar-refractivity contribution >= 4 is 17.1 Å². The van der Waals surface area contributed by atoms with Crippen LogP contribution in [0.4, 0.5) is 0 Å². The van der Waals surface area contributed by atoms with E-state index in [4.69, 9.17) is 0 Å². The third-order valence-electron chi connectivity index (χ3n) is 3.82. The Morgan fingerprint density at radius 3 is 2.50 bits per heavy atom. The van der Waals surface area contributed by atoms with Gasteiger partial charge in [0.25, 0.3) is 5.56 Å². The number of methoxy groups -OCH3 is 1. The molecule has 0 saturated heterocycles. The van der Waals surface area contributed by atoms with Crippen molar-refractivity contribution in [3.8, 4) is 0 Å². The molecule has 2 heterocycles. The van der Waals surface area contributed by atoms with Gasteiger partial charge in [-0.05, 0) is 19.8 Å². The molecule has 0 aliphatic heterocycles. The van der Waals surface area contributed by atoms with Crippen molar-refractivity contribution in [2.45, 2.75) is 32.7 Å². The quantitative estimate of drug-likeness (QED) is 0.577. The van der Waals surface area contributed by atoms with Gasteiger partial charge < -0.3 is 9.30 Å². The molecule has 0 amide bonds. The number of fused-ring (bicyclic) bond motifs is 1. The molecule has 0 bridgehead atoms. The van der Waals surface area contributed by atoms with E-state index >= 15 is 0 Å². The first-order chi connectivity index (χ1) is 10.4. The Bertz CT molecular complexity index is 828. The normalized spacial score (nSPS) is 11.1. The molecule has 0 fully saturated rings. The largest absolute Gasteiger partial charge is 0.469 e. The Kier molecular flexibility index (Phi) is 4.48. The minimum absolute atomic E-state index is 0.267. The molecule has 0 aromatic carbocycles. The van der Waals surface area contributed by atoms with Crippen LogP contribution in [0.5, 0.6) is 0 Å². The van der Waals surface area contributed by atoms with E-state index in [0.717, 1.165) is 0 Å².